The molecular weight excluding hydrogens is 390 g/mol. The smallest absolute Gasteiger partial charge is 0.425 e. The normalized spacial score (nSPS) is 21.0. The molecule has 2 atom stereocenters. The number of nitrogens with zero attached hydrogens (tertiary/aromatic N) is 2. The second-order valence-corrected chi connectivity index (χ2v) is 6.79. The summed E-state index contributed by atoms with van der Waals surface area (Å²) in [6.45, 7) is 0. The molecule has 2 aromatic carbocycles. The molecule has 0 aromatic heterocycles. The van der Waals surface area contributed by atoms with Crippen molar-refractivity contribution in [3.8, 4) is 5.75 Å². The van der Waals surface area contributed by atoms with E-state index in [1.54, 1.807) is 0 Å². The number of non-ortho nitro benzene ring substituents is 1. The molecule has 8 nitrogen and oxygen atoms in total. The van der Waals surface area contributed by atoms with Crippen LogP contribution >= 0.6 is 0 Å². The van der Waals surface area contributed by atoms with E-state index in [0.29, 0.717) is 0 Å². The Morgan fingerprint density at radius 1 is 1.14 bits per heavy atom. The molecule has 1 aliphatic carbocycles. The van der Waals surface area contributed by atoms with Crippen molar-refractivity contribution in [1.29, 1.82) is 0 Å². The first-order chi connectivity index (χ1) is 13.8. The van der Waals surface area contributed by atoms with Crippen LogP contribution in [-0.2, 0) is 4.74 Å². The zero-order chi connectivity index (χ0) is 20.7. The first-order valence-corrected chi connectivity index (χ1v) is 8.76. The summed E-state index contributed by atoms with van der Waals surface area (Å²) in [4.78, 5) is 35.9. The number of ether oxygens (including phenoxy) is 2. The third-order valence-electron chi connectivity index (χ3n) is 4.84. The second-order valence-electron chi connectivity index (χ2n) is 6.79. The summed E-state index contributed by atoms with van der Waals surface area (Å²) in [6.07, 6.45) is -1.17. The molecule has 10 heteroatoms. The highest BCUT2D eigenvalue weighted by molar-refractivity contribution is 5.91. The first-order valence-electron chi connectivity index (χ1n) is 8.76. The summed E-state index contributed by atoms with van der Waals surface area (Å²) in [5.41, 5.74) is 0.00569. The largest absolute Gasteiger partial charge is 0.443 e. The van der Waals surface area contributed by atoms with Gasteiger partial charge in [0.05, 0.1) is 4.92 Å². The van der Waals surface area contributed by atoms with Crippen molar-refractivity contribution in [3.05, 3.63) is 69.8 Å². The number of hydrogen-bond donors (Lipinski definition) is 0. The van der Waals surface area contributed by atoms with Gasteiger partial charge in [0.2, 0.25) is 0 Å². The summed E-state index contributed by atoms with van der Waals surface area (Å²) in [7, 11) is 0. The van der Waals surface area contributed by atoms with E-state index in [9.17, 15) is 28.5 Å². The molecule has 150 valence electrons. The number of halogens is 2. The molecule has 2 amide bonds. The Bertz CT molecular complexity index is 993. The fourth-order valence-corrected chi connectivity index (χ4v) is 3.29. The van der Waals surface area contributed by atoms with Crippen LogP contribution in [0, 0.1) is 27.7 Å². The van der Waals surface area contributed by atoms with Gasteiger partial charge in [-0.05, 0) is 48.6 Å². The van der Waals surface area contributed by atoms with E-state index in [1.807, 2.05) is 0 Å². The molecule has 0 radical (unpaired) electrons. The van der Waals surface area contributed by atoms with Gasteiger partial charge in [0, 0.05) is 12.1 Å². The van der Waals surface area contributed by atoms with E-state index in [4.69, 9.17) is 9.47 Å². The maximum absolute atomic E-state index is 13.8. The number of rotatable bonds is 4. The highest BCUT2D eigenvalue weighted by Gasteiger charge is 2.53. The predicted molar refractivity (Wildman–Crippen MR) is 93.1 cm³/mol. The lowest BCUT2D eigenvalue weighted by molar-refractivity contribution is -0.384. The van der Waals surface area contributed by atoms with Gasteiger partial charge < -0.3 is 9.47 Å². The summed E-state index contributed by atoms with van der Waals surface area (Å²) in [6, 6.07) is 6.85. The Morgan fingerprint density at radius 3 is 2.41 bits per heavy atom. The predicted octanol–water partition coefficient (Wildman–Crippen LogP) is 4.34. The van der Waals surface area contributed by atoms with Gasteiger partial charge >= 0.3 is 12.2 Å². The Kier molecular flexibility index (Phi) is 4.61. The van der Waals surface area contributed by atoms with Gasteiger partial charge in [0.1, 0.15) is 17.9 Å². The minimum atomic E-state index is -1.11. The van der Waals surface area contributed by atoms with Crippen LogP contribution in [-0.4, -0.2) is 28.1 Å². The zero-order valence-corrected chi connectivity index (χ0v) is 14.8. The number of carbonyl (C=O) groups excluding carboxylic acids is 2. The molecule has 0 N–H and O–H groups in total. The Labute approximate surface area is 162 Å². The van der Waals surface area contributed by atoms with Crippen molar-refractivity contribution < 1.29 is 32.8 Å². The molecule has 1 saturated carbocycles. The van der Waals surface area contributed by atoms with Gasteiger partial charge in [0.15, 0.2) is 11.6 Å². The number of imide groups is 1. The monoisotopic (exact) mass is 404 g/mol. The van der Waals surface area contributed by atoms with Crippen LogP contribution in [0.2, 0.25) is 0 Å². The van der Waals surface area contributed by atoms with Gasteiger partial charge in [-0.3, -0.25) is 10.1 Å². The first kappa shape index (κ1) is 18.8. The summed E-state index contributed by atoms with van der Waals surface area (Å²) in [5, 5.41) is 10.7. The topological polar surface area (TPSA) is 99.0 Å². The molecule has 0 bridgehead atoms. The quantitative estimate of drug-likeness (QED) is 0.555. The average Bonchev–Trinajstić information content (AvgIpc) is 3.47. The van der Waals surface area contributed by atoms with E-state index < -0.39 is 40.9 Å². The van der Waals surface area contributed by atoms with Crippen molar-refractivity contribution in [3.63, 3.8) is 0 Å². The molecule has 0 unspecified atom stereocenters. The van der Waals surface area contributed by atoms with Crippen molar-refractivity contribution >= 4 is 17.9 Å². The van der Waals surface area contributed by atoms with Gasteiger partial charge in [-0.25, -0.2) is 23.3 Å². The van der Waals surface area contributed by atoms with Gasteiger partial charge in [-0.2, -0.15) is 0 Å². The molecule has 29 heavy (non-hydrogen) atoms. The summed E-state index contributed by atoms with van der Waals surface area (Å²) >= 11 is 0. The lowest BCUT2D eigenvalue weighted by Crippen LogP contribution is -2.37. The van der Waals surface area contributed by atoms with Crippen LogP contribution in [0.5, 0.6) is 5.75 Å². The van der Waals surface area contributed by atoms with Crippen molar-refractivity contribution in [2.75, 3.05) is 0 Å². The summed E-state index contributed by atoms with van der Waals surface area (Å²) < 4.78 is 37.6. The lowest BCUT2D eigenvalue weighted by Gasteiger charge is -2.23. The molecule has 1 aliphatic heterocycles. The molecule has 1 heterocycles. The standard InChI is InChI=1S/C19H14F2N2O6/c20-14-8-3-11(9-15(14)21)16-17(10-1-2-10)29-19(25)22(16)18(24)28-13-6-4-12(5-7-13)23(26)27/h3-10,16-17H,1-2H2/t16-,17-/m0/s1. The van der Waals surface area contributed by atoms with Crippen molar-refractivity contribution in [2.45, 2.75) is 25.0 Å². The van der Waals surface area contributed by atoms with Gasteiger partial charge in [-0.1, -0.05) is 6.07 Å². The number of hydrogen-bond acceptors (Lipinski definition) is 6. The fraction of sp³-hybridized carbons (Fsp3) is 0.263. The number of nitro groups is 1. The second kappa shape index (κ2) is 7.12. The van der Waals surface area contributed by atoms with E-state index in [1.165, 1.54) is 18.2 Å². The van der Waals surface area contributed by atoms with Crippen LogP contribution in [0.25, 0.3) is 0 Å². The van der Waals surface area contributed by atoms with E-state index in [2.05, 4.69) is 0 Å². The van der Waals surface area contributed by atoms with Crippen LogP contribution in [0.4, 0.5) is 24.1 Å². The van der Waals surface area contributed by atoms with Crippen molar-refractivity contribution in [2.24, 2.45) is 5.92 Å². The molecule has 1 saturated heterocycles. The summed E-state index contributed by atoms with van der Waals surface area (Å²) in [5.74, 6) is -2.18. The van der Waals surface area contributed by atoms with E-state index in [-0.39, 0.29) is 22.9 Å². The Balaban J connectivity index is 1.62. The highest BCUT2D eigenvalue weighted by Crippen LogP contribution is 2.46. The van der Waals surface area contributed by atoms with Crippen LogP contribution in [0.1, 0.15) is 24.4 Å². The minimum absolute atomic E-state index is 0.00855. The molecular formula is C19H14F2N2O6. The number of cyclic esters (lactones) is 1. The van der Waals surface area contributed by atoms with Crippen molar-refractivity contribution in [1.82, 2.24) is 4.90 Å². The average molecular weight is 404 g/mol. The Morgan fingerprint density at radius 2 is 1.83 bits per heavy atom. The van der Waals surface area contributed by atoms with Gasteiger partial charge in [0.25, 0.3) is 5.69 Å². The molecule has 2 aromatic rings. The third-order valence-corrected chi connectivity index (χ3v) is 4.84. The molecule has 2 aliphatic rings. The highest BCUT2D eigenvalue weighted by atomic mass is 19.2. The molecule has 4 rings (SSSR count). The van der Waals surface area contributed by atoms with E-state index in [0.717, 1.165) is 42.0 Å². The molecule has 0 spiro atoms. The van der Waals surface area contributed by atoms with E-state index >= 15 is 0 Å². The van der Waals surface area contributed by atoms with Crippen LogP contribution in [0.15, 0.2) is 42.5 Å². The number of benzene rings is 2. The number of carbonyl (C=O) groups is 2. The number of nitro benzene ring substituents is 1. The maximum atomic E-state index is 13.8. The SMILES string of the molecule is O=C(Oc1ccc([N+](=O)[O-])cc1)N1C(=O)O[C@@H](C2CC2)[C@@H]1c1ccc(F)c(F)c1. The molecule has 2 fully saturated rings. The number of amides is 2. The third kappa shape index (κ3) is 3.60. The maximum Gasteiger partial charge on any atom is 0.425 e. The van der Waals surface area contributed by atoms with Crippen LogP contribution in [0.3, 0.4) is 0 Å². The fourth-order valence-electron chi connectivity index (χ4n) is 3.29. The Hall–Kier alpha value is -3.56. The lowest BCUT2D eigenvalue weighted by atomic mass is 9.97. The minimum Gasteiger partial charge on any atom is -0.443 e. The van der Waals surface area contributed by atoms with Gasteiger partial charge in [-0.15, -0.1) is 0 Å². The zero-order valence-electron chi connectivity index (χ0n) is 14.8. The van der Waals surface area contributed by atoms with Crippen LogP contribution < -0.4 is 4.74 Å².